The number of carbonyl (C=O) groups excluding carboxylic acids is 1. The van der Waals surface area contributed by atoms with Gasteiger partial charge in [0.2, 0.25) is 0 Å². The van der Waals surface area contributed by atoms with E-state index in [9.17, 15) is 14.9 Å². The first-order chi connectivity index (χ1) is 12.6. The number of halogens is 1. The number of rotatable bonds is 3. The molecule has 0 amide bonds. The summed E-state index contributed by atoms with van der Waals surface area (Å²) < 4.78 is 0. The highest BCUT2D eigenvalue weighted by Crippen LogP contribution is 2.34. The molecule has 1 aliphatic rings. The lowest BCUT2D eigenvalue weighted by atomic mass is 9.96. The van der Waals surface area contributed by atoms with Crippen molar-refractivity contribution in [1.29, 1.82) is 5.26 Å². The molecule has 26 heavy (non-hydrogen) atoms. The third-order valence-corrected chi connectivity index (χ3v) is 6.04. The minimum absolute atomic E-state index is 0.0913. The topological polar surface area (TPSA) is 86.6 Å². The molecule has 2 heterocycles. The maximum absolute atomic E-state index is 12.7. The van der Waals surface area contributed by atoms with Gasteiger partial charge in [-0.2, -0.15) is 5.26 Å². The summed E-state index contributed by atoms with van der Waals surface area (Å²) in [6, 6.07) is 8.38. The van der Waals surface area contributed by atoms with Crippen molar-refractivity contribution in [3.05, 3.63) is 61.5 Å². The van der Waals surface area contributed by atoms with E-state index in [1.165, 1.54) is 22.3 Å². The number of nitrogens with one attached hydrogen (secondary N) is 1. The van der Waals surface area contributed by atoms with Gasteiger partial charge in [0.15, 0.2) is 11.7 Å². The Morgan fingerprint density at radius 1 is 1.35 bits per heavy atom. The zero-order valence-electron chi connectivity index (χ0n) is 13.7. The molecule has 2 aromatic heterocycles. The van der Waals surface area contributed by atoms with Gasteiger partial charge in [-0.25, -0.2) is 4.98 Å². The Balaban J connectivity index is 1.81. The number of carbonyl (C=O) groups is 1. The van der Waals surface area contributed by atoms with E-state index in [2.05, 4.69) is 9.97 Å². The van der Waals surface area contributed by atoms with Crippen molar-refractivity contribution >= 4 is 38.9 Å². The van der Waals surface area contributed by atoms with Crippen molar-refractivity contribution in [3.63, 3.8) is 0 Å². The molecule has 0 aliphatic heterocycles. The van der Waals surface area contributed by atoms with Crippen LogP contribution in [0.25, 0.3) is 10.2 Å². The van der Waals surface area contributed by atoms with Crippen LogP contribution in [-0.2, 0) is 12.8 Å². The van der Waals surface area contributed by atoms with E-state index in [0.29, 0.717) is 20.8 Å². The third-order valence-electron chi connectivity index (χ3n) is 4.62. The second-order valence-electron chi connectivity index (χ2n) is 6.28. The normalized spacial score (nSPS) is 14.6. The summed E-state index contributed by atoms with van der Waals surface area (Å²) in [6.45, 7) is 0. The van der Waals surface area contributed by atoms with Crippen LogP contribution in [0, 0.1) is 11.3 Å². The van der Waals surface area contributed by atoms with Gasteiger partial charge < -0.3 is 4.98 Å². The minimum Gasteiger partial charge on any atom is -0.308 e. The highest BCUT2D eigenvalue weighted by atomic mass is 35.5. The SMILES string of the molecule is N#CC(C(=O)c1cccc(Cl)c1)c1nc2sc3c(c2c(=O)[nH]1)CCCC3. The quantitative estimate of drug-likeness (QED) is 0.692. The molecule has 0 saturated carbocycles. The molecular formula is C19H14ClN3O2S. The summed E-state index contributed by atoms with van der Waals surface area (Å²) in [7, 11) is 0. The fourth-order valence-electron chi connectivity index (χ4n) is 3.37. The number of thiophene rings is 1. The molecule has 1 unspecified atom stereocenters. The standard InChI is InChI=1S/C19H14ClN3O2S/c20-11-5-3-4-10(8-11)16(24)13(9-21)17-22-18(25)15-12-6-1-2-7-14(12)26-19(15)23-17/h3-5,8,13H,1-2,6-7H2,(H,22,23,25). The molecule has 4 rings (SSSR count). The number of aryl methyl sites for hydroxylation is 2. The molecule has 0 bridgehead atoms. The zero-order chi connectivity index (χ0) is 18.3. The van der Waals surface area contributed by atoms with Crippen LogP contribution in [0.3, 0.4) is 0 Å². The molecule has 3 aromatic rings. The summed E-state index contributed by atoms with van der Waals surface area (Å²) in [6.07, 6.45) is 4.00. The Morgan fingerprint density at radius 2 is 2.15 bits per heavy atom. The second-order valence-corrected chi connectivity index (χ2v) is 7.80. The Morgan fingerprint density at radius 3 is 2.92 bits per heavy atom. The maximum Gasteiger partial charge on any atom is 0.259 e. The van der Waals surface area contributed by atoms with Crippen molar-refractivity contribution < 1.29 is 4.79 Å². The predicted octanol–water partition coefficient (Wildman–Crippen LogP) is 4.01. The summed E-state index contributed by atoms with van der Waals surface area (Å²) >= 11 is 7.43. The van der Waals surface area contributed by atoms with Gasteiger partial charge in [0.05, 0.1) is 11.5 Å². The third kappa shape index (κ3) is 2.83. The van der Waals surface area contributed by atoms with E-state index in [4.69, 9.17) is 11.6 Å². The number of ketones is 1. The van der Waals surface area contributed by atoms with E-state index < -0.39 is 11.7 Å². The van der Waals surface area contributed by atoms with Gasteiger partial charge in [0.25, 0.3) is 5.56 Å². The lowest BCUT2D eigenvalue weighted by Gasteiger charge is -2.10. The Kier molecular flexibility index (Phi) is 4.35. The highest BCUT2D eigenvalue weighted by molar-refractivity contribution is 7.18. The number of fused-ring (bicyclic) bond motifs is 3. The molecule has 1 N–H and O–H groups in total. The second kappa shape index (κ2) is 6.67. The molecule has 0 radical (unpaired) electrons. The summed E-state index contributed by atoms with van der Waals surface area (Å²) in [5, 5.41) is 10.6. The van der Waals surface area contributed by atoms with Crippen LogP contribution >= 0.6 is 22.9 Å². The maximum atomic E-state index is 12.7. The highest BCUT2D eigenvalue weighted by Gasteiger charge is 2.27. The molecule has 0 fully saturated rings. The molecule has 1 aliphatic carbocycles. The van der Waals surface area contributed by atoms with Gasteiger partial charge in [0.1, 0.15) is 10.7 Å². The number of hydrogen-bond donors (Lipinski definition) is 1. The number of aromatic nitrogens is 2. The van der Waals surface area contributed by atoms with E-state index in [0.717, 1.165) is 31.2 Å². The number of nitrogens with zero attached hydrogens (tertiary/aromatic N) is 2. The number of aromatic amines is 1. The van der Waals surface area contributed by atoms with Gasteiger partial charge in [-0.1, -0.05) is 23.7 Å². The van der Waals surface area contributed by atoms with Crippen LogP contribution in [-0.4, -0.2) is 15.8 Å². The van der Waals surface area contributed by atoms with Crippen molar-refractivity contribution in [2.24, 2.45) is 0 Å². The summed E-state index contributed by atoms with van der Waals surface area (Å²) in [5.74, 6) is -1.52. The van der Waals surface area contributed by atoms with Gasteiger partial charge >= 0.3 is 0 Å². The number of hydrogen-bond acceptors (Lipinski definition) is 5. The van der Waals surface area contributed by atoms with E-state index in [-0.39, 0.29) is 11.4 Å². The molecule has 0 saturated heterocycles. The van der Waals surface area contributed by atoms with E-state index in [1.54, 1.807) is 18.2 Å². The number of nitriles is 1. The Hall–Kier alpha value is -2.49. The molecular weight excluding hydrogens is 370 g/mol. The van der Waals surface area contributed by atoms with Crippen molar-refractivity contribution in [2.75, 3.05) is 0 Å². The monoisotopic (exact) mass is 383 g/mol. The fourth-order valence-corrected chi connectivity index (χ4v) is 4.83. The van der Waals surface area contributed by atoms with Crippen molar-refractivity contribution in [1.82, 2.24) is 9.97 Å². The van der Waals surface area contributed by atoms with Crippen molar-refractivity contribution in [2.45, 2.75) is 31.6 Å². The first kappa shape index (κ1) is 17.0. The van der Waals surface area contributed by atoms with Crippen molar-refractivity contribution in [3.8, 4) is 6.07 Å². The Bertz CT molecular complexity index is 1130. The number of benzene rings is 1. The molecule has 0 spiro atoms. The molecule has 1 aromatic carbocycles. The van der Waals surface area contributed by atoms with Crippen LogP contribution in [0.2, 0.25) is 5.02 Å². The molecule has 1 atom stereocenters. The average Bonchev–Trinajstić information content (AvgIpc) is 3.01. The van der Waals surface area contributed by atoms with Crippen LogP contribution in [0.15, 0.2) is 29.1 Å². The van der Waals surface area contributed by atoms with E-state index >= 15 is 0 Å². The van der Waals surface area contributed by atoms with Crippen LogP contribution in [0.1, 0.15) is 45.4 Å². The van der Waals surface area contributed by atoms with E-state index in [1.807, 2.05) is 6.07 Å². The van der Waals surface area contributed by atoms with Gasteiger partial charge in [0, 0.05) is 15.5 Å². The molecule has 7 heteroatoms. The smallest absolute Gasteiger partial charge is 0.259 e. The lowest BCUT2D eigenvalue weighted by Crippen LogP contribution is -2.20. The minimum atomic E-state index is -1.18. The Labute approximate surface area is 158 Å². The fraction of sp³-hybridized carbons (Fsp3) is 0.263. The van der Waals surface area contributed by atoms with Crippen LogP contribution in [0.5, 0.6) is 0 Å². The first-order valence-electron chi connectivity index (χ1n) is 8.32. The average molecular weight is 384 g/mol. The van der Waals surface area contributed by atoms with Gasteiger partial charge in [-0.05, 0) is 43.4 Å². The van der Waals surface area contributed by atoms with Crippen LogP contribution < -0.4 is 5.56 Å². The van der Waals surface area contributed by atoms with Crippen LogP contribution in [0.4, 0.5) is 0 Å². The number of Topliss-reactive ketones (excluding diaryl/α,β-unsaturated/α-hetero) is 1. The largest absolute Gasteiger partial charge is 0.308 e. The van der Waals surface area contributed by atoms with Gasteiger partial charge in [-0.3, -0.25) is 9.59 Å². The summed E-state index contributed by atoms with van der Waals surface area (Å²) in [4.78, 5) is 34.3. The van der Waals surface area contributed by atoms with Gasteiger partial charge in [-0.15, -0.1) is 11.3 Å². The zero-order valence-corrected chi connectivity index (χ0v) is 15.3. The molecule has 130 valence electrons. The number of H-pyrrole nitrogens is 1. The first-order valence-corrected chi connectivity index (χ1v) is 9.52. The lowest BCUT2D eigenvalue weighted by molar-refractivity contribution is 0.0976. The summed E-state index contributed by atoms with van der Waals surface area (Å²) in [5.41, 5.74) is 1.12. The molecule has 5 nitrogen and oxygen atoms in total. The predicted molar refractivity (Wildman–Crippen MR) is 101 cm³/mol.